The molecule has 3 N–H and O–H groups in total. The van der Waals surface area contributed by atoms with Gasteiger partial charge in [-0.15, -0.1) is 0 Å². The molecule has 0 saturated carbocycles. The van der Waals surface area contributed by atoms with E-state index in [1.54, 1.807) is 0 Å². The number of imidazole rings is 1. The molecule has 0 aliphatic heterocycles. The first-order chi connectivity index (χ1) is 8.08. The topological polar surface area (TPSA) is 68.9 Å². The van der Waals surface area contributed by atoms with E-state index in [0.717, 1.165) is 10.0 Å². The Kier molecular flexibility index (Phi) is 3.44. The second-order valence-electron chi connectivity index (χ2n) is 3.51. The maximum atomic E-state index is 11.0. The first-order valence-corrected chi connectivity index (χ1v) is 6.06. The van der Waals surface area contributed by atoms with Crippen LogP contribution in [-0.2, 0) is 6.42 Å². The Labute approximate surface area is 111 Å². The molecule has 0 amide bonds. The minimum Gasteiger partial charge on any atom is -0.477 e. The first-order valence-electron chi connectivity index (χ1n) is 4.86. The molecule has 1 aromatic heterocycles. The lowest BCUT2D eigenvalue weighted by Crippen LogP contribution is -2.02. The molecule has 0 fully saturated rings. The molecule has 0 atom stereocenters. The van der Waals surface area contributed by atoms with Crippen molar-refractivity contribution in [2.75, 3.05) is 0 Å². The van der Waals surface area contributed by atoms with Gasteiger partial charge in [0.25, 0.3) is 0 Å². The minimum atomic E-state index is -1.01. The summed E-state index contributed by atoms with van der Waals surface area (Å²) < 4.78 is 1.27. The molecule has 0 radical (unpaired) electrons. The molecule has 6 heteroatoms. The van der Waals surface area contributed by atoms with Crippen LogP contribution in [0.1, 0.15) is 21.7 Å². The molecule has 4 nitrogen and oxygen atoms in total. The third kappa shape index (κ3) is 2.65. The highest BCUT2D eigenvalue weighted by Crippen LogP contribution is 2.20. The van der Waals surface area contributed by atoms with Crippen LogP contribution in [0.4, 0.5) is 0 Å². The van der Waals surface area contributed by atoms with Gasteiger partial charge in [-0.2, -0.15) is 0 Å². The van der Waals surface area contributed by atoms with Crippen LogP contribution in [0.3, 0.4) is 0 Å². The Morgan fingerprint density at radius 1 is 1.35 bits per heavy atom. The van der Waals surface area contributed by atoms with Crippen LogP contribution in [-0.4, -0.2) is 21.0 Å². The zero-order chi connectivity index (χ0) is 12.4. The summed E-state index contributed by atoms with van der Waals surface area (Å²) >= 11 is 8.33. The largest absolute Gasteiger partial charge is 0.477 e. The molecule has 0 spiro atoms. The summed E-state index contributed by atoms with van der Waals surface area (Å²) in [7, 11) is 0. The number of halogens is 1. The van der Waals surface area contributed by atoms with Crippen molar-refractivity contribution >= 4 is 34.1 Å². The molecule has 0 aliphatic carbocycles. The van der Waals surface area contributed by atoms with Gasteiger partial charge in [0, 0.05) is 10.9 Å². The molecule has 1 heterocycles. The summed E-state index contributed by atoms with van der Waals surface area (Å²) in [5.74, 6) is -1.01. The lowest BCUT2D eigenvalue weighted by molar-refractivity contribution is 0.0690. The number of benzene rings is 1. The monoisotopic (exact) mass is 312 g/mol. The maximum absolute atomic E-state index is 11.0. The van der Waals surface area contributed by atoms with Crippen molar-refractivity contribution in [1.29, 1.82) is 0 Å². The van der Waals surface area contributed by atoms with Gasteiger partial charge in [-0.25, -0.2) is 4.79 Å². The summed E-state index contributed by atoms with van der Waals surface area (Å²) in [5, 5.41) is 9.02. The predicted octanol–water partition coefficient (Wildman–Crippen LogP) is 3.12. The minimum absolute atomic E-state index is 0.116. The highest BCUT2D eigenvalue weighted by Gasteiger charge is 2.14. The summed E-state index contributed by atoms with van der Waals surface area (Å²) in [6, 6.07) is 7.66. The Morgan fingerprint density at radius 2 is 2.06 bits per heavy atom. The molecule has 0 unspecified atom stereocenters. The molecule has 0 aliphatic rings. The van der Waals surface area contributed by atoms with Crippen LogP contribution < -0.4 is 0 Å². The van der Waals surface area contributed by atoms with E-state index < -0.39 is 5.97 Å². The summed E-state index contributed by atoms with van der Waals surface area (Å²) in [6.07, 6.45) is 0.482. The number of rotatable bonds is 3. The van der Waals surface area contributed by atoms with Crippen molar-refractivity contribution < 1.29 is 9.90 Å². The number of aromatic amines is 2. The number of aromatic carboxylic acids is 1. The van der Waals surface area contributed by atoms with Crippen molar-refractivity contribution in [3.63, 3.8) is 0 Å². The van der Waals surface area contributed by atoms with E-state index in [9.17, 15) is 4.79 Å². The Morgan fingerprint density at radius 3 is 2.71 bits per heavy atom. The number of carboxylic acids is 1. The molecular formula is C11H9BrN2O2S. The highest BCUT2D eigenvalue weighted by molar-refractivity contribution is 9.10. The van der Waals surface area contributed by atoms with Gasteiger partial charge in [-0.3, -0.25) is 0 Å². The summed E-state index contributed by atoms with van der Waals surface area (Å²) in [6.45, 7) is 0. The Hall–Kier alpha value is -1.40. The third-order valence-electron chi connectivity index (χ3n) is 2.34. The van der Waals surface area contributed by atoms with Crippen LogP contribution in [0, 0.1) is 4.77 Å². The van der Waals surface area contributed by atoms with E-state index in [4.69, 9.17) is 17.3 Å². The smallest absolute Gasteiger partial charge is 0.354 e. The fraction of sp³-hybridized carbons (Fsp3) is 0.0909. The van der Waals surface area contributed by atoms with Gasteiger partial charge in [0.05, 0.1) is 5.69 Å². The highest BCUT2D eigenvalue weighted by atomic mass is 79.9. The van der Waals surface area contributed by atoms with Gasteiger partial charge in [-0.1, -0.05) is 34.1 Å². The standard InChI is InChI=1S/C11H9BrN2O2S/c12-7-4-2-1-3-6(7)5-8-9(10(15)16)14-11(17)13-8/h1-4H,5H2,(H,15,16)(H2,13,14,17). The lowest BCUT2D eigenvalue weighted by Gasteiger charge is -2.03. The van der Waals surface area contributed by atoms with E-state index >= 15 is 0 Å². The SMILES string of the molecule is O=C(O)c1[nH]c(=S)[nH]c1Cc1ccccc1Br. The van der Waals surface area contributed by atoms with Gasteiger partial charge in [0.15, 0.2) is 4.77 Å². The van der Waals surface area contributed by atoms with E-state index in [2.05, 4.69) is 25.9 Å². The number of carbonyl (C=O) groups is 1. The number of H-pyrrole nitrogens is 2. The van der Waals surface area contributed by atoms with Crippen molar-refractivity contribution in [3.05, 3.63) is 50.5 Å². The van der Waals surface area contributed by atoms with Crippen molar-refractivity contribution in [3.8, 4) is 0 Å². The molecule has 17 heavy (non-hydrogen) atoms. The predicted molar refractivity (Wildman–Crippen MR) is 69.9 cm³/mol. The average Bonchev–Trinajstić information content (AvgIpc) is 2.63. The van der Waals surface area contributed by atoms with Gasteiger partial charge in [0.1, 0.15) is 5.69 Å². The molecule has 2 rings (SSSR count). The Bertz CT molecular complexity index is 618. The zero-order valence-electron chi connectivity index (χ0n) is 8.66. The third-order valence-corrected chi connectivity index (χ3v) is 3.32. The van der Waals surface area contributed by atoms with Gasteiger partial charge in [0.2, 0.25) is 0 Å². The second kappa shape index (κ2) is 4.85. The van der Waals surface area contributed by atoms with Crippen molar-refractivity contribution in [2.24, 2.45) is 0 Å². The van der Waals surface area contributed by atoms with Crippen LogP contribution in [0.2, 0.25) is 0 Å². The molecule has 0 bridgehead atoms. The average molecular weight is 313 g/mol. The molecular weight excluding hydrogens is 304 g/mol. The first kappa shape index (κ1) is 12.1. The van der Waals surface area contributed by atoms with Crippen molar-refractivity contribution in [2.45, 2.75) is 6.42 Å². The summed E-state index contributed by atoms with van der Waals surface area (Å²) in [5.41, 5.74) is 1.69. The maximum Gasteiger partial charge on any atom is 0.354 e. The lowest BCUT2D eigenvalue weighted by atomic mass is 10.1. The van der Waals surface area contributed by atoms with Crippen LogP contribution in [0.5, 0.6) is 0 Å². The van der Waals surface area contributed by atoms with E-state index in [-0.39, 0.29) is 5.69 Å². The van der Waals surface area contributed by atoms with Crippen LogP contribution >= 0.6 is 28.1 Å². The molecule has 1 aromatic carbocycles. The Balaban J connectivity index is 2.40. The van der Waals surface area contributed by atoms with Gasteiger partial charge in [-0.05, 0) is 23.8 Å². The van der Waals surface area contributed by atoms with E-state index in [0.29, 0.717) is 16.9 Å². The molecule has 88 valence electrons. The van der Waals surface area contributed by atoms with Gasteiger partial charge >= 0.3 is 5.97 Å². The number of carboxylic acid groups (broad SMARTS) is 1. The van der Waals surface area contributed by atoms with E-state index in [1.807, 2.05) is 24.3 Å². The summed E-state index contributed by atoms with van der Waals surface area (Å²) in [4.78, 5) is 16.5. The quantitative estimate of drug-likeness (QED) is 0.763. The van der Waals surface area contributed by atoms with Crippen LogP contribution in [0.15, 0.2) is 28.7 Å². The molecule has 2 aromatic rings. The second-order valence-corrected chi connectivity index (χ2v) is 4.77. The number of aromatic nitrogens is 2. The van der Waals surface area contributed by atoms with E-state index in [1.165, 1.54) is 0 Å². The number of hydrogen-bond acceptors (Lipinski definition) is 2. The van der Waals surface area contributed by atoms with Crippen LogP contribution in [0.25, 0.3) is 0 Å². The number of hydrogen-bond donors (Lipinski definition) is 3. The number of nitrogens with one attached hydrogen (secondary N) is 2. The fourth-order valence-electron chi connectivity index (χ4n) is 1.57. The zero-order valence-corrected chi connectivity index (χ0v) is 11.1. The normalized spacial score (nSPS) is 10.4. The van der Waals surface area contributed by atoms with Crippen molar-refractivity contribution in [1.82, 2.24) is 9.97 Å². The molecule has 0 saturated heterocycles. The van der Waals surface area contributed by atoms with Gasteiger partial charge < -0.3 is 15.1 Å². The fourth-order valence-corrected chi connectivity index (χ4v) is 2.22.